The van der Waals surface area contributed by atoms with Crippen molar-refractivity contribution in [2.45, 2.75) is 30.9 Å². The highest BCUT2D eigenvalue weighted by Gasteiger charge is 2.27. The Morgan fingerprint density at radius 3 is 2.67 bits per heavy atom. The van der Waals surface area contributed by atoms with Crippen molar-refractivity contribution in [2.75, 3.05) is 38.5 Å². The van der Waals surface area contributed by atoms with Gasteiger partial charge in [0.1, 0.15) is 0 Å². The summed E-state index contributed by atoms with van der Waals surface area (Å²) in [5.41, 5.74) is 0. The molecule has 4 nitrogen and oxygen atoms in total. The molecule has 104 valence electrons. The van der Waals surface area contributed by atoms with Crippen LogP contribution in [0, 0.1) is 0 Å². The van der Waals surface area contributed by atoms with Gasteiger partial charge in [-0.2, -0.15) is 0 Å². The Hall–Kier alpha value is -0.390. The van der Waals surface area contributed by atoms with Crippen LogP contribution in [0.15, 0.2) is 12.2 Å². The molecule has 2 rings (SSSR count). The van der Waals surface area contributed by atoms with Crippen molar-refractivity contribution in [3.8, 4) is 0 Å². The maximum Gasteiger partial charge on any atom is 0.153 e. The summed E-state index contributed by atoms with van der Waals surface area (Å²) in [6, 6.07) is 0. The van der Waals surface area contributed by atoms with E-state index in [1.165, 1.54) is 0 Å². The highest BCUT2D eigenvalue weighted by Crippen LogP contribution is 2.22. The van der Waals surface area contributed by atoms with Crippen LogP contribution in [-0.4, -0.2) is 57.0 Å². The van der Waals surface area contributed by atoms with E-state index < -0.39 is 9.84 Å². The summed E-state index contributed by atoms with van der Waals surface area (Å²) in [5, 5.41) is 3.20. The lowest BCUT2D eigenvalue weighted by Crippen LogP contribution is -2.43. The predicted molar refractivity (Wildman–Crippen MR) is 74.5 cm³/mol. The highest BCUT2D eigenvalue weighted by atomic mass is 32.2. The number of allylic oxidation sites excluding steroid dienone is 1. The Balaban J connectivity index is 1.73. The Morgan fingerprint density at radius 1 is 1.17 bits per heavy atom. The second-order valence-electron chi connectivity index (χ2n) is 5.24. The summed E-state index contributed by atoms with van der Waals surface area (Å²) < 4.78 is 23.7. The van der Waals surface area contributed by atoms with E-state index >= 15 is 0 Å². The molecule has 0 radical (unpaired) electrons. The molecule has 18 heavy (non-hydrogen) atoms. The van der Waals surface area contributed by atoms with E-state index in [9.17, 15) is 8.42 Å². The number of nitrogens with one attached hydrogen (secondary N) is 1. The minimum atomic E-state index is -2.80. The van der Waals surface area contributed by atoms with E-state index in [2.05, 4.69) is 22.4 Å². The second-order valence-corrected chi connectivity index (χ2v) is 7.64. The van der Waals surface area contributed by atoms with Gasteiger partial charge in [0.05, 0.1) is 11.0 Å². The molecule has 1 atom stereocenters. The van der Waals surface area contributed by atoms with Crippen LogP contribution in [-0.2, 0) is 9.84 Å². The number of nitrogens with zero attached hydrogens (tertiary/aromatic N) is 1. The van der Waals surface area contributed by atoms with Gasteiger partial charge in [-0.3, -0.25) is 4.90 Å². The van der Waals surface area contributed by atoms with Gasteiger partial charge in [-0.25, -0.2) is 8.42 Å². The van der Waals surface area contributed by atoms with Crippen molar-refractivity contribution in [2.24, 2.45) is 0 Å². The molecule has 0 saturated carbocycles. The first kappa shape index (κ1) is 14.0. The lowest BCUT2D eigenvalue weighted by Gasteiger charge is -2.26. The predicted octanol–water partition coefficient (Wildman–Crippen LogP) is 0.805. The van der Waals surface area contributed by atoms with Crippen molar-refractivity contribution in [1.82, 2.24) is 10.2 Å². The van der Waals surface area contributed by atoms with Gasteiger partial charge in [0, 0.05) is 32.7 Å². The summed E-state index contributed by atoms with van der Waals surface area (Å²) in [5.74, 6) is 0.392. The number of hydrogen-bond donors (Lipinski definition) is 1. The third-order valence-corrected chi connectivity index (χ3v) is 6.15. The first-order valence-electron chi connectivity index (χ1n) is 6.98. The van der Waals surface area contributed by atoms with Gasteiger partial charge >= 0.3 is 0 Å². The third-order valence-electron chi connectivity index (χ3n) is 3.85. The summed E-state index contributed by atoms with van der Waals surface area (Å²) >= 11 is 0. The monoisotopic (exact) mass is 272 g/mol. The molecule has 0 aromatic rings. The molecule has 2 fully saturated rings. The zero-order valence-electron chi connectivity index (χ0n) is 11.0. The van der Waals surface area contributed by atoms with Crippen LogP contribution in [0.3, 0.4) is 0 Å². The topological polar surface area (TPSA) is 49.4 Å². The van der Waals surface area contributed by atoms with Crippen molar-refractivity contribution < 1.29 is 8.42 Å². The molecule has 2 saturated heterocycles. The second kappa shape index (κ2) is 6.68. The Kier molecular flexibility index (Phi) is 5.21. The normalized spacial score (nSPS) is 29.7. The zero-order chi connectivity index (χ0) is 12.8. The Labute approximate surface area is 110 Å². The Morgan fingerprint density at radius 2 is 1.94 bits per heavy atom. The van der Waals surface area contributed by atoms with Crippen LogP contribution in [0.4, 0.5) is 0 Å². The maximum atomic E-state index is 11.8. The van der Waals surface area contributed by atoms with E-state index in [0.29, 0.717) is 12.2 Å². The van der Waals surface area contributed by atoms with Gasteiger partial charge in [0.15, 0.2) is 9.84 Å². The molecule has 0 bridgehead atoms. The fourth-order valence-electron chi connectivity index (χ4n) is 2.65. The highest BCUT2D eigenvalue weighted by molar-refractivity contribution is 7.92. The smallest absolute Gasteiger partial charge is 0.153 e. The average Bonchev–Trinajstić information content (AvgIpc) is 2.37. The minimum Gasteiger partial charge on any atom is -0.314 e. The molecule has 0 amide bonds. The molecule has 5 heteroatoms. The zero-order valence-corrected chi connectivity index (χ0v) is 11.8. The fourth-order valence-corrected chi connectivity index (χ4v) is 4.52. The van der Waals surface area contributed by atoms with Crippen molar-refractivity contribution >= 4 is 9.84 Å². The molecule has 0 aromatic carbocycles. The van der Waals surface area contributed by atoms with Crippen LogP contribution < -0.4 is 5.32 Å². The molecular formula is C13H24N2O2S. The van der Waals surface area contributed by atoms with Gasteiger partial charge in [0.2, 0.25) is 0 Å². The van der Waals surface area contributed by atoms with Crippen molar-refractivity contribution in [3.05, 3.63) is 12.2 Å². The first-order chi connectivity index (χ1) is 8.68. The summed E-state index contributed by atoms with van der Waals surface area (Å²) in [6.07, 6.45) is 7.67. The summed E-state index contributed by atoms with van der Waals surface area (Å²) in [4.78, 5) is 2.39. The van der Waals surface area contributed by atoms with Gasteiger partial charge in [0.25, 0.3) is 0 Å². The van der Waals surface area contributed by atoms with Crippen LogP contribution in [0.2, 0.25) is 0 Å². The van der Waals surface area contributed by atoms with Crippen LogP contribution >= 0.6 is 0 Å². The molecule has 0 spiro atoms. The maximum absolute atomic E-state index is 11.8. The molecular weight excluding hydrogens is 248 g/mol. The van der Waals surface area contributed by atoms with Crippen molar-refractivity contribution in [1.29, 1.82) is 0 Å². The molecule has 2 aliphatic heterocycles. The van der Waals surface area contributed by atoms with E-state index in [1.807, 2.05) is 0 Å². The molecule has 0 aliphatic carbocycles. The lowest BCUT2D eigenvalue weighted by molar-refractivity contribution is 0.264. The van der Waals surface area contributed by atoms with Crippen molar-refractivity contribution in [3.63, 3.8) is 0 Å². The number of sulfone groups is 1. The van der Waals surface area contributed by atoms with E-state index in [4.69, 9.17) is 0 Å². The van der Waals surface area contributed by atoms with Crippen LogP contribution in [0.5, 0.6) is 0 Å². The minimum absolute atomic E-state index is 0.120. The molecule has 0 aromatic heterocycles. The van der Waals surface area contributed by atoms with Crippen LogP contribution in [0.1, 0.15) is 25.7 Å². The fraction of sp³-hybridized carbons (Fsp3) is 0.846. The molecule has 2 heterocycles. The van der Waals surface area contributed by atoms with Gasteiger partial charge in [-0.1, -0.05) is 18.6 Å². The van der Waals surface area contributed by atoms with E-state index in [-0.39, 0.29) is 5.25 Å². The SMILES string of the molecule is O=S1(=O)CCCCC1C/C=C\CN1CCNCC1. The lowest BCUT2D eigenvalue weighted by atomic mass is 10.1. The average molecular weight is 272 g/mol. The van der Waals surface area contributed by atoms with Crippen LogP contribution in [0.25, 0.3) is 0 Å². The first-order valence-corrected chi connectivity index (χ1v) is 8.70. The summed E-state index contributed by atoms with van der Waals surface area (Å²) in [7, 11) is -2.80. The van der Waals surface area contributed by atoms with Gasteiger partial charge in [-0.05, 0) is 19.3 Å². The molecule has 2 aliphatic rings. The number of piperazine rings is 1. The largest absolute Gasteiger partial charge is 0.314 e. The van der Waals surface area contributed by atoms with E-state index in [0.717, 1.165) is 52.0 Å². The third kappa shape index (κ3) is 4.07. The van der Waals surface area contributed by atoms with Gasteiger partial charge in [-0.15, -0.1) is 0 Å². The quantitative estimate of drug-likeness (QED) is 0.769. The molecule has 1 unspecified atom stereocenters. The number of hydrogen-bond acceptors (Lipinski definition) is 4. The Bertz CT molecular complexity index is 372. The number of rotatable bonds is 4. The van der Waals surface area contributed by atoms with Gasteiger partial charge < -0.3 is 5.32 Å². The summed E-state index contributed by atoms with van der Waals surface area (Å²) in [6.45, 7) is 5.25. The molecule has 1 N–H and O–H groups in total. The van der Waals surface area contributed by atoms with E-state index in [1.54, 1.807) is 0 Å². The standard InChI is InChI=1S/C13H24N2O2S/c16-18(17)12-4-2-6-13(18)5-1-3-9-15-10-7-14-8-11-15/h1,3,13-14H,2,4-12H2/b3-1-.